The molecule has 1 rings (SSSR count). The number of aliphatic hydroxyl groups is 2. The lowest BCUT2D eigenvalue weighted by Gasteiger charge is -2.20. The highest BCUT2D eigenvalue weighted by atomic mass is 19.2. The number of halogens is 1. The number of rotatable bonds is 2. The molecule has 12 heavy (non-hydrogen) atoms. The normalized spacial score (nSPS) is 18.3. The highest BCUT2D eigenvalue weighted by Crippen LogP contribution is 2.25. The molecule has 0 aliphatic carbocycles. The summed E-state index contributed by atoms with van der Waals surface area (Å²) in [5, 5.41) is 18.1. The van der Waals surface area contributed by atoms with Crippen LogP contribution in [0.5, 0.6) is 0 Å². The van der Waals surface area contributed by atoms with E-state index >= 15 is 0 Å². The van der Waals surface area contributed by atoms with Crippen LogP contribution in [0.4, 0.5) is 4.39 Å². The first kappa shape index (κ1) is 9.16. The van der Waals surface area contributed by atoms with Crippen molar-refractivity contribution in [3.05, 3.63) is 35.9 Å². The third-order valence-electron chi connectivity index (χ3n) is 1.61. The number of hydrogen-bond donors (Lipinski definition) is 2. The predicted molar refractivity (Wildman–Crippen MR) is 43.1 cm³/mol. The fourth-order valence-electron chi connectivity index (χ4n) is 0.940. The van der Waals surface area contributed by atoms with Crippen molar-refractivity contribution in [2.45, 2.75) is 18.9 Å². The van der Waals surface area contributed by atoms with E-state index < -0.39 is 12.0 Å². The van der Waals surface area contributed by atoms with E-state index in [0.29, 0.717) is 5.56 Å². The van der Waals surface area contributed by atoms with Crippen LogP contribution in [-0.2, 0) is 0 Å². The molecular weight excluding hydrogens is 159 g/mol. The molecule has 2 atom stereocenters. The summed E-state index contributed by atoms with van der Waals surface area (Å²) >= 11 is 0. The van der Waals surface area contributed by atoms with Crippen molar-refractivity contribution < 1.29 is 14.6 Å². The van der Waals surface area contributed by atoms with Gasteiger partial charge in [0.25, 0.3) is 0 Å². The Labute approximate surface area is 70.3 Å². The third kappa shape index (κ3) is 2.03. The maximum atomic E-state index is 12.8. The molecule has 3 heteroatoms. The number of aliphatic hydroxyl groups excluding tert-OH is 1. The van der Waals surface area contributed by atoms with E-state index in [1.807, 2.05) is 0 Å². The Hall–Kier alpha value is -0.930. The average Bonchev–Trinajstić information content (AvgIpc) is 2.03. The van der Waals surface area contributed by atoms with Gasteiger partial charge < -0.3 is 10.2 Å². The lowest BCUT2D eigenvalue weighted by molar-refractivity contribution is -0.157. The molecule has 0 saturated heterocycles. The van der Waals surface area contributed by atoms with Crippen LogP contribution in [0.3, 0.4) is 0 Å². The van der Waals surface area contributed by atoms with Gasteiger partial charge in [-0.3, -0.25) is 0 Å². The summed E-state index contributed by atoms with van der Waals surface area (Å²) in [5.41, 5.74) is 0.366. The highest BCUT2D eigenvalue weighted by Gasteiger charge is 2.30. The summed E-state index contributed by atoms with van der Waals surface area (Å²) in [6.07, 6.45) is -1.49. The van der Waals surface area contributed by atoms with E-state index in [-0.39, 0.29) is 0 Å². The lowest BCUT2D eigenvalue weighted by Crippen LogP contribution is -2.26. The van der Waals surface area contributed by atoms with Crippen LogP contribution in [0.25, 0.3) is 0 Å². The fourth-order valence-corrected chi connectivity index (χ4v) is 0.940. The molecule has 0 aromatic heterocycles. The van der Waals surface area contributed by atoms with Gasteiger partial charge in [0.2, 0.25) is 5.85 Å². The van der Waals surface area contributed by atoms with Crippen molar-refractivity contribution in [2.75, 3.05) is 0 Å². The van der Waals surface area contributed by atoms with Crippen molar-refractivity contribution in [2.24, 2.45) is 0 Å². The lowest BCUT2D eigenvalue weighted by atomic mass is 10.0. The van der Waals surface area contributed by atoms with Crippen LogP contribution < -0.4 is 0 Å². The molecule has 2 N–H and O–H groups in total. The first-order valence-electron chi connectivity index (χ1n) is 3.66. The summed E-state index contributed by atoms with van der Waals surface area (Å²) in [6.45, 7) is 0.921. The van der Waals surface area contributed by atoms with Crippen molar-refractivity contribution in [1.29, 1.82) is 0 Å². The van der Waals surface area contributed by atoms with Gasteiger partial charge >= 0.3 is 0 Å². The highest BCUT2D eigenvalue weighted by molar-refractivity contribution is 5.18. The van der Waals surface area contributed by atoms with Gasteiger partial charge in [-0.15, -0.1) is 0 Å². The second-order valence-corrected chi connectivity index (χ2v) is 2.84. The monoisotopic (exact) mass is 170 g/mol. The Morgan fingerprint density at radius 3 is 2.25 bits per heavy atom. The van der Waals surface area contributed by atoms with Crippen LogP contribution in [0.2, 0.25) is 0 Å². The molecule has 0 amide bonds. The van der Waals surface area contributed by atoms with E-state index in [9.17, 15) is 9.50 Å². The smallest absolute Gasteiger partial charge is 0.234 e. The zero-order valence-corrected chi connectivity index (χ0v) is 6.74. The molecular formula is C9H11FO2. The van der Waals surface area contributed by atoms with E-state index in [0.717, 1.165) is 6.92 Å². The van der Waals surface area contributed by atoms with Crippen molar-refractivity contribution in [1.82, 2.24) is 0 Å². The Morgan fingerprint density at radius 2 is 1.83 bits per heavy atom. The molecule has 0 heterocycles. The maximum Gasteiger partial charge on any atom is 0.234 e. The molecule has 0 aliphatic heterocycles. The topological polar surface area (TPSA) is 40.5 Å². The number of alkyl halides is 1. The second-order valence-electron chi connectivity index (χ2n) is 2.84. The molecule has 0 saturated carbocycles. The Kier molecular flexibility index (Phi) is 2.45. The van der Waals surface area contributed by atoms with E-state index in [4.69, 9.17) is 5.11 Å². The molecule has 0 aliphatic rings. The average molecular weight is 170 g/mol. The Balaban J connectivity index is 2.86. The zero-order valence-electron chi connectivity index (χ0n) is 6.74. The molecule has 0 radical (unpaired) electrons. The van der Waals surface area contributed by atoms with Crippen molar-refractivity contribution in [3.63, 3.8) is 0 Å². The quantitative estimate of drug-likeness (QED) is 0.704. The summed E-state index contributed by atoms with van der Waals surface area (Å²) < 4.78 is 12.8. The minimum absolute atomic E-state index is 0.366. The van der Waals surface area contributed by atoms with Gasteiger partial charge in [-0.2, -0.15) is 0 Å². The zero-order chi connectivity index (χ0) is 9.19. The summed E-state index contributed by atoms with van der Waals surface area (Å²) in [7, 11) is 0. The van der Waals surface area contributed by atoms with Gasteiger partial charge in [-0.25, -0.2) is 4.39 Å². The SMILES string of the molecule is C[C@@](O)(F)[C@H](O)c1ccccc1. The van der Waals surface area contributed by atoms with E-state index in [1.165, 1.54) is 0 Å². The van der Waals surface area contributed by atoms with Gasteiger partial charge in [0.1, 0.15) is 6.10 Å². The molecule has 0 spiro atoms. The first-order valence-corrected chi connectivity index (χ1v) is 3.66. The van der Waals surface area contributed by atoms with Gasteiger partial charge in [0, 0.05) is 0 Å². The fraction of sp³-hybridized carbons (Fsp3) is 0.333. The van der Waals surface area contributed by atoms with Crippen LogP contribution in [0, 0.1) is 0 Å². The molecule has 0 unspecified atom stereocenters. The third-order valence-corrected chi connectivity index (χ3v) is 1.61. The van der Waals surface area contributed by atoms with Gasteiger partial charge in [-0.1, -0.05) is 30.3 Å². The standard InChI is InChI=1S/C9H11FO2/c1-9(10,12)8(11)7-5-3-2-4-6-7/h2-6,8,11-12H,1H3/t8-,9+/m1/s1. The van der Waals surface area contributed by atoms with Crippen LogP contribution in [-0.4, -0.2) is 16.1 Å². The van der Waals surface area contributed by atoms with Gasteiger partial charge in [-0.05, 0) is 12.5 Å². The summed E-state index contributed by atoms with van der Waals surface area (Å²) in [5.74, 6) is -2.58. The van der Waals surface area contributed by atoms with Crippen LogP contribution in [0.1, 0.15) is 18.6 Å². The summed E-state index contributed by atoms with van der Waals surface area (Å²) in [6, 6.07) is 8.20. The Morgan fingerprint density at radius 1 is 1.33 bits per heavy atom. The maximum absolute atomic E-state index is 12.8. The van der Waals surface area contributed by atoms with E-state index in [1.54, 1.807) is 30.3 Å². The van der Waals surface area contributed by atoms with E-state index in [2.05, 4.69) is 0 Å². The van der Waals surface area contributed by atoms with Crippen LogP contribution >= 0.6 is 0 Å². The molecule has 2 nitrogen and oxygen atoms in total. The molecule has 1 aromatic carbocycles. The molecule has 0 bridgehead atoms. The predicted octanol–water partition coefficient (Wildman–Crippen LogP) is 1.40. The molecule has 1 aromatic rings. The number of hydrogen-bond acceptors (Lipinski definition) is 2. The molecule has 0 fully saturated rings. The second kappa shape index (κ2) is 3.21. The molecule has 66 valence electrons. The van der Waals surface area contributed by atoms with Gasteiger partial charge in [0.05, 0.1) is 0 Å². The first-order chi connectivity index (χ1) is 5.52. The van der Waals surface area contributed by atoms with Gasteiger partial charge in [0.15, 0.2) is 0 Å². The van der Waals surface area contributed by atoms with Crippen molar-refractivity contribution in [3.8, 4) is 0 Å². The van der Waals surface area contributed by atoms with Crippen molar-refractivity contribution >= 4 is 0 Å². The largest absolute Gasteiger partial charge is 0.382 e. The minimum Gasteiger partial charge on any atom is -0.382 e. The number of benzene rings is 1. The summed E-state index contributed by atoms with van der Waals surface area (Å²) in [4.78, 5) is 0. The minimum atomic E-state index is -2.58. The Bertz CT molecular complexity index is 240. The van der Waals surface area contributed by atoms with Crippen LogP contribution in [0.15, 0.2) is 30.3 Å².